The lowest BCUT2D eigenvalue weighted by Crippen LogP contribution is -2.20. The average molecular weight is 309 g/mol. The Kier molecular flexibility index (Phi) is 3.73. The fraction of sp³-hybridized carbons (Fsp3) is 0.600. The third kappa shape index (κ3) is 3.34. The molecule has 3 heteroatoms. The summed E-state index contributed by atoms with van der Waals surface area (Å²) >= 11 is 3.71. The van der Waals surface area contributed by atoms with Gasteiger partial charge in [-0.15, -0.1) is 0 Å². The van der Waals surface area contributed by atoms with E-state index < -0.39 is 0 Å². The number of halogens is 1. The summed E-state index contributed by atoms with van der Waals surface area (Å²) in [4.78, 5) is 2.46. The van der Waals surface area contributed by atoms with Gasteiger partial charge in [-0.05, 0) is 49.9 Å². The van der Waals surface area contributed by atoms with Crippen LogP contribution in [0, 0.1) is 0 Å². The summed E-state index contributed by atoms with van der Waals surface area (Å²) in [5, 5.41) is 3.56. The van der Waals surface area contributed by atoms with Gasteiger partial charge in [-0.3, -0.25) is 4.90 Å². The predicted molar refractivity (Wildman–Crippen MR) is 78.5 cm³/mol. The molecule has 0 unspecified atom stereocenters. The second-order valence-corrected chi connectivity index (χ2v) is 6.58. The van der Waals surface area contributed by atoms with E-state index in [-0.39, 0.29) is 0 Å². The molecule has 0 bridgehead atoms. The van der Waals surface area contributed by atoms with Crippen LogP contribution >= 0.6 is 15.9 Å². The molecule has 0 amide bonds. The van der Waals surface area contributed by atoms with E-state index in [1.165, 1.54) is 41.3 Å². The molecule has 0 spiro atoms. The van der Waals surface area contributed by atoms with E-state index in [1.807, 2.05) is 0 Å². The second-order valence-electron chi connectivity index (χ2n) is 5.73. The first-order valence-electron chi connectivity index (χ1n) is 6.93. The summed E-state index contributed by atoms with van der Waals surface area (Å²) in [5.74, 6) is 0. The summed E-state index contributed by atoms with van der Waals surface area (Å²) in [7, 11) is 2.23. The minimum Gasteiger partial charge on any atom is -0.310 e. The quantitative estimate of drug-likeness (QED) is 0.867. The molecule has 2 aliphatic carbocycles. The zero-order chi connectivity index (χ0) is 12.5. The zero-order valence-electron chi connectivity index (χ0n) is 11.0. The highest BCUT2D eigenvalue weighted by atomic mass is 79.9. The highest BCUT2D eigenvalue weighted by molar-refractivity contribution is 9.10. The molecule has 1 aromatic carbocycles. The highest BCUT2D eigenvalue weighted by Crippen LogP contribution is 2.28. The Morgan fingerprint density at radius 3 is 2.67 bits per heavy atom. The van der Waals surface area contributed by atoms with Gasteiger partial charge in [-0.25, -0.2) is 0 Å². The standard InChI is InChI=1S/C15H21BrN2/c1-18(14-6-7-14)10-12-3-2-11(8-15(12)16)9-17-13-4-5-13/h2-3,8,13-14,17H,4-7,9-10H2,1H3. The van der Waals surface area contributed by atoms with Gasteiger partial charge in [0.1, 0.15) is 0 Å². The van der Waals surface area contributed by atoms with Crippen molar-refractivity contribution in [1.82, 2.24) is 10.2 Å². The summed E-state index contributed by atoms with van der Waals surface area (Å²) in [6.07, 6.45) is 5.45. The van der Waals surface area contributed by atoms with Crippen LogP contribution in [0.25, 0.3) is 0 Å². The van der Waals surface area contributed by atoms with Crippen molar-refractivity contribution in [2.45, 2.75) is 50.9 Å². The third-order valence-electron chi connectivity index (χ3n) is 3.88. The van der Waals surface area contributed by atoms with Crippen molar-refractivity contribution in [1.29, 1.82) is 0 Å². The van der Waals surface area contributed by atoms with Gasteiger partial charge in [0, 0.05) is 29.6 Å². The lowest BCUT2D eigenvalue weighted by atomic mass is 10.1. The molecule has 0 atom stereocenters. The maximum Gasteiger partial charge on any atom is 0.0244 e. The molecule has 3 rings (SSSR count). The van der Waals surface area contributed by atoms with E-state index in [0.29, 0.717) is 0 Å². The Morgan fingerprint density at radius 1 is 1.28 bits per heavy atom. The molecular formula is C15H21BrN2. The van der Waals surface area contributed by atoms with E-state index in [1.54, 1.807) is 0 Å². The van der Waals surface area contributed by atoms with Gasteiger partial charge in [0.2, 0.25) is 0 Å². The van der Waals surface area contributed by atoms with Gasteiger partial charge in [0.25, 0.3) is 0 Å². The smallest absolute Gasteiger partial charge is 0.0244 e. The maximum absolute atomic E-state index is 3.71. The van der Waals surface area contributed by atoms with Gasteiger partial charge in [0.15, 0.2) is 0 Å². The summed E-state index contributed by atoms with van der Waals surface area (Å²) in [6.45, 7) is 2.06. The van der Waals surface area contributed by atoms with Crippen LogP contribution < -0.4 is 5.32 Å². The Bertz CT molecular complexity index is 425. The van der Waals surface area contributed by atoms with Crippen molar-refractivity contribution < 1.29 is 0 Å². The minimum absolute atomic E-state index is 0.782. The van der Waals surface area contributed by atoms with E-state index in [0.717, 1.165) is 25.2 Å². The summed E-state index contributed by atoms with van der Waals surface area (Å²) in [6, 6.07) is 8.41. The number of hydrogen-bond acceptors (Lipinski definition) is 2. The Labute approximate surface area is 118 Å². The predicted octanol–water partition coefficient (Wildman–Crippen LogP) is 3.30. The molecule has 0 aromatic heterocycles. The first-order chi connectivity index (χ1) is 8.72. The molecule has 0 aliphatic heterocycles. The summed E-state index contributed by atoms with van der Waals surface area (Å²) < 4.78 is 1.25. The van der Waals surface area contributed by atoms with Crippen LogP contribution in [-0.2, 0) is 13.1 Å². The monoisotopic (exact) mass is 308 g/mol. The maximum atomic E-state index is 3.71. The lowest BCUT2D eigenvalue weighted by molar-refractivity contribution is 0.316. The van der Waals surface area contributed by atoms with Crippen molar-refractivity contribution in [2.24, 2.45) is 0 Å². The normalized spacial score (nSPS) is 19.5. The first kappa shape index (κ1) is 12.6. The van der Waals surface area contributed by atoms with Crippen LogP contribution in [0.4, 0.5) is 0 Å². The molecular weight excluding hydrogens is 288 g/mol. The van der Waals surface area contributed by atoms with Gasteiger partial charge < -0.3 is 5.32 Å². The van der Waals surface area contributed by atoms with Gasteiger partial charge >= 0.3 is 0 Å². The molecule has 2 aliphatic rings. The molecule has 2 fully saturated rings. The van der Waals surface area contributed by atoms with Crippen molar-refractivity contribution in [3.8, 4) is 0 Å². The van der Waals surface area contributed by atoms with Crippen LogP contribution in [0.15, 0.2) is 22.7 Å². The van der Waals surface area contributed by atoms with Crippen molar-refractivity contribution in [3.05, 3.63) is 33.8 Å². The van der Waals surface area contributed by atoms with Crippen molar-refractivity contribution in [3.63, 3.8) is 0 Å². The fourth-order valence-electron chi connectivity index (χ4n) is 2.29. The number of nitrogens with zero attached hydrogens (tertiary/aromatic N) is 1. The average Bonchev–Trinajstić information content (AvgIpc) is 3.22. The van der Waals surface area contributed by atoms with Crippen molar-refractivity contribution in [2.75, 3.05) is 7.05 Å². The van der Waals surface area contributed by atoms with E-state index >= 15 is 0 Å². The largest absolute Gasteiger partial charge is 0.310 e. The SMILES string of the molecule is CN(Cc1ccc(CNC2CC2)cc1Br)C1CC1. The third-order valence-corrected chi connectivity index (χ3v) is 4.62. The Hall–Kier alpha value is -0.380. The first-order valence-corrected chi connectivity index (χ1v) is 7.72. The van der Waals surface area contributed by atoms with Crippen molar-refractivity contribution >= 4 is 15.9 Å². The van der Waals surface area contributed by atoms with Crippen LogP contribution in [-0.4, -0.2) is 24.0 Å². The van der Waals surface area contributed by atoms with Crippen LogP contribution in [0.1, 0.15) is 36.8 Å². The van der Waals surface area contributed by atoms with Crippen LogP contribution in [0.5, 0.6) is 0 Å². The molecule has 1 N–H and O–H groups in total. The molecule has 0 heterocycles. The zero-order valence-corrected chi connectivity index (χ0v) is 12.5. The number of hydrogen-bond donors (Lipinski definition) is 1. The number of nitrogens with one attached hydrogen (secondary N) is 1. The Morgan fingerprint density at radius 2 is 2.06 bits per heavy atom. The second kappa shape index (κ2) is 5.32. The topological polar surface area (TPSA) is 15.3 Å². The van der Waals surface area contributed by atoms with Gasteiger partial charge in [0.05, 0.1) is 0 Å². The van der Waals surface area contributed by atoms with Gasteiger partial charge in [-0.1, -0.05) is 28.1 Å². The molecule has 2 saturated carbocycles. The molecule has 2 nitrogen and oxygen atoms in total. The van der Waals surface area contributed by atoms with Crippen LogP contribution in [0.2, 0.25) is 0 Å². The number of rotatable bonds is 6. The van der Waals surface area contributed by atoms with Crippen LogP contribution in [0.3, 0.4) is 0 Å². The summed E-state index contributed by atoms with van der Waals surface area (Å²) in [5.41, 5.74) is 2.78. The van der Waals surface area contributed by atoms with E-state index in [2.05, 4.69) is 51.4 Å². The molecule has 18 heavy (non-hydrogen) atoms. The molecule has 0 radical (unpaired) electrons. The van der Waals surface area contributed by atoms with E-state index in [4.69, 9.17) is 0 Å². The number of benzene rings is 1. The molecule has 1 aromatic rings. The Balaban J connectivity index is 1.59. The van der Waals surface area contributed by atoms with Gasteiger partial charge in [-0.2, -0.15) is 0 Å². The minimum atomic E-state index is 0.782. The lowest BCUT2D eigenvalue weighted by Gasteiger charge is -2.17. The fourth-order valence-corrected chi connectivity index (χ4v) is 2.84. The van der Waals surface area contributed by atoms with E-state index in [9.17, 15) is 0 Å². The molecule has 98 valence electrons. The highest BCUT2D eigenvalue weighted by Gasteiger charge is 2.26. The molecule has 0 saturated heterocycles.